The van der Waals surface area contributed by atoms with Crippen molar-refractivity contribution in [3.05, 3.63) is 108 Å². The van der Waals surface area contributed by atoms with Crippen LogP contribution in [0, 0.1) is 0 Å². The van der Waals surface area contributed by atoms with E-state index in [1.54, 1.807) is 65.4 Å². The van der Waals surface area contributed by atoms with Crippen molar-refractivity contribution < 1.29 is 33.7 Å². The number of amides is 2. The van der Waals surface area contributed by atoms with E-state index >= 15 is 0 Å². The number of carbonyl (C=O) groups excluding carboxylic acids is 3. The second kappa shape index (κ2) is 14.7. The molecular weight excluding hydrogens is 576 g/mol. The number of allylic oxidation sites excluding steroid dienone is 1. The Bertz CT molecular complexity index is 1700. The molecule has 3 aromatic carbocycles. The summed E-state index contributed by atoms with van der Waals surface area (Å²) in [6.45, 7) is 2.27. The maximum absolute atomic E-state index is 13.3. The van der Waals surface area contributed by atoms with Crippen LogP contribution in [0.3, 0.4) is 0 Å². The summed E-state index contributed by atoms with van der Waals surface area (Å²) in [5.41, 5.74) is 9.82. The zero-order chi connectivity index (χ0) is 31.8. The van der Waals surface area contributed by atoms with Crippen LogP contribution in [0.4, 0.5) is 11.4 Å². The number of ether oxygens (including phenoxy) is 3. The minimum atomic E-state index is -0.741. The van der Waals surface area contributed by atoms with Gasteiger partial charge in [-0.05, 0) is 47.5 Å². The largest absolute Gasteiger partial charge is 0.459 e. The topological polar surface area (TPSA) is 154 Å². The summed E-state index contributed by atoms with van der Waals surface area (Å²) in [6.07, 6.45) is 3.24. The van der Waals surface area contributed by atoms with Crippen LogP contribution in [-0.4, -0.2) is 60.1 Å². The predicted molar refractivity (Wildman–Crippen MR) is 170 cm³/mol. The van der Waals surface area contributed by atoms with Crippen molar-refractivity contribution in [2.24, 2.45) is 0 Å². The summed E-state index contributed by atoms with van der Waals surface area (Å²) in [5, 5.41) is 15.5. The molecule has 0 spiro atoms. The number of nitrogens with one attached hydrogen (secondary N) is 2. The summed E-state index contributed by atoms with van der Waals surface area (Å²) in [7, 11) is 0. The second-order valence-electron chi connectivity index (χ2n) is 10.5. The van der Waals surface area contributed by atoms with Gasteiger partial charge in [0.1, 0.15) is 0 Å². The van der Waals surface area contributed by atoms with Crippen molar-refractivity contribution in [1.82, 2.24) is 9.88 Å². The Morgan fingerprint density at radius 1 is 0.978 bits per heavy atom. The Hall–Kier alpha value is -4.97. The molecule has 2 amide bonds. The van der Waals surface area contributed by atoms with E-state index in [9.17, 15) is 14.4 Å². The van der Waals surface area contributed by atoms with Crippen LogP contribution in [0.15, 0.2) is 90.8 Å². The zero-order valence-corrected chi connectivity index (χ0v) is 24.9. The molecule has 0 saturated carbocycles. The number of aromatic nitrogens is 1. The molecule has 5 rings (SSSR count). The number of nitrogen functional groups attached to an aromatic ring is 1. The van der Waals surface area contributed by atoms with E-state index in [0.29, 0.717) is 23.4 Å². The molecule has 0 aliphatic carbocycles. The van der Waals surface area contributed by atoms with Crippen LogP contribution in [0.5, 0.6) is 0 Å². The number of aliphatic hydroxyl groups excluding tert-OH is 1. The Labute approximate surface area is 260 Å². The first-order valence-corrected chi connectivity index (χ1v) is 14.7. The van der Waals surface area contributed by atoms with Crippen molar-refractivity contribution in [1.29, 1.82) is 0 Å². The second-order valence-corrected chi connectivity index (χ2v) is 10.5. The van der Waals surface area contributed by atoms with E-state index in [1.807, 2.05) is 24.3 Å². The van der Waals surface area contributed by atoms with Gasteiger partial charge >= 0.3 is 0 Å². The van der Waals surface area contributed by atoms with Gasteiger partial charge in [0.2, 0.25) is 12.2 Å². The van der Waals surface area contributed by atoms with Gasteiger partial charge in [-0.15, -0.1) is 0 Å². The average Bonchev–Trinajstić information content (AvgIpc) is 3.45. The predicted octanol–water partition coefficient (Wildman–Crippen LogP) is 4.19. The highest BCUT2D eigenvalue weighted by Crippen LogP contribution is 2.36. The molecule has 4 aromatic rings. The lowest BCUT2D eigenvalue weighted by Crippen LogP contribution is -2.33. The number of nitrogens with two attached hydrogens (primary N) is 1. The smallest absolute Gasteiger partial charge is 0.286 e. The molecule has 1 aliphatic heterocycles. The van der Waals surface area contributed by atoms with Crippen molar-refractivity contribution >= 4 is 40.0 Å². The van der Waals surface area contributed by atoms with E-state index in [4.69, 9.17) is 25.1 Å². The van der Waals surface area contributed by atoms with Crippen LogP contribution in [0.25, 0.3) is 10.9 Å². The third-order valence-corrected chi connectivity index (χ3v) is 7.41. The van der Waals surface area contributed by atoms with Gasteiger partial charge in [-0.1, -0.05) is 42.5 Å². The summed E-state index contributed by atoms with van der Waals surface area (Å²) >= 11 is 0. The lowest BCUT2D eigenvalue weighted by Gasteiger charge is -2.29. The van der Waals surface area contributed by atoms with Gasteiger partial charge < -0.3 is 35.7 Å². The van der Waals surface area contributed by atoms with Gasteiger partial charge in [-0.3, -0.25) is 19.0 Å². The molecule has 234 valence electrons. The molecule has 2 heterocycles. The fourth-order valence-corrected chi connectivity index (χ4v) is 5.15. The number of para-hydroxylation sites is 3. The molecule has 11 nitrogen and oxygen atoms in total. The van der Waals surface area contributed by atoms with Crippen LogP contribution >= 0.6 is 0 Å². The number of anilines is 2. The van der Waals surface area contributed by atoms with Crippen LogP contribution in [0.2, 0.25) is 0 Å². The van der Waals surface area contributed by atoms with E-state index in [0.717, 1.165) is 22.0 Å². The molecule has 11 heteroatoms. The van der Waals surface area contributed by atoms with Gasteiger partial charge in [0.05, 0.1) is 43.3 Å². The first-order chi connectivity index (χ1) is 21.8. The normalized spacial score (nSPS) is 16.1. The van der Waals surface area contributed by atoms with Crippen LogP contribution in [0.1, 0.15) is 45.5 Å². The molecule has 0 bridgehead atoms. The highest BCUT2D eigenvalue weighted by atomic mass is 16.7. The fourth-order valence-electron chi connectivity index (χ4n) is 5.15. The van der Waals surface area contributed by atoms with Crippen LogP contribution < -0.4 is 16.4 Å². The summed E-state index contributed by atoms with van der Waals surface area (Å²) in [4.78, 5) is 38.4. The summed E-state index contributed by atoms with van der Waals surface area (Å²) < 4.78 is 18.8. The number of hydrogen-bond acceptors (Lipinski definition) is 8. The SMILES string of the molecule is CC(=O)n1cc([C@@H]2C=C(C(=O)NCc3ccc(C(=O)Nc4ccccc4N)cc3)O[C@H](OCCOCCO)C2)c2ccccc21. The third kappa shape index (κ3) is 7.76. The maximum Gasteiger partial charge on any atom is 0.286 e. The number of rotatable bonds is 12. The van der Waals surface area contributed by atoms with Crippen LogP contribution in [-0.2, 0) is 25.5 Å². The number of carbonyl (C=O) groups is 3. The highest BCUT2D eigenvalue weighted by Gasteiger charge is 2.30. The first kappa shape index (κ1) is 31.5. The molecule has 45 heavy (non-hydrogen) atoms. The quantitative estimate of drug-likeness (QED) is 0.137. The number of fused-ring (bicyclic) bond motifs is 1. The molecular formula is C34H36N4O7. The number of nitrogens with zero attached hydrogens (tertiary/aromatic N) is 1. The Balaban J connectivity index is 1.29. The summed E-state index contributed by atoms with van der Waals surface area (Å²) in [6, 6.07) is 21.5. The number of hydrogen-bond donors (Lipinski definition) is 4. The van der Waals surface area contributed by atoms with Gasteiger partial charge in [-0.2, -0.15) is 0 Å². The van der Waals surface area contributed by atoms with Gasteiger partial charge in [0, 0.05) is 43.0 Å². The molecule has 0 radical (unpaired) electrons. The fraction of sp³-hybridized carbons (Fsp3) is 0.265. The molecule has 0 saturated heterocycles. The van der Waals surface area contributed by atoms with Crippen molar-refractivity contribution in [2.75, 3.05) is 37.5 Å². The van der Waals surface area contributed by atoms with E-state index in [1.165, 1.54) is 6.92 Å². The Morgan fingerprint density at radius 3 is 2.49 bits per heavy atom. The minimum Gasteiger partial charge on any atom is -0.459 e. The van der Waals surface area contributed by atoms with E-state index < -0.39 is 12.2 Å². The Kier molecular flexibility index (Phi) is 10.3. The van der Waals surface area contributed by atoms with Gasteiger partial charge in [-0.25, -0.2) is 0 Å². The standard InChI is InChI=1S/C34H36N4O7/c1-22(40)38-21-27(26-6-2-5-9-30(26)38)25-18-31(45-32(19-25)44-17-16-43-15-14-39)34(42)36-20-23-10-12-24(13-11-23)33(41)37-29-8-4-3-7-28(29)35/h2-13,18,21,25,32,39H,14-17,19-20,35H2,1H3,(H,36,42)(H,37,41)/t25-,32+/m1/s1. The average molecular weight is 613 g/mol. The van der Waals surface area contributed by atoms with Gasteiger partial charge in [0.25, 0.3) is 11.8 Å². The molecule has 5 N–H and O–H groups in total. The molecule has 0 unspecified atom stereocenters. The van der Waals surface area contributed by atoms with E-state index in [-0.39, 0.29) is 56.5 Å². The van der Waals surface area contributed by atoms with Crippen molar-refractivity contribution in [3.63, 3.8) is 0 Å². The molecule has 2 atom stereocenters. The lowest BCUT2D eigenvalue weighted by atomic mass is 9.92. The van der Waals surface area contributed by atoms with E-state index in [2.05, 4.69) is 10.6 Å². The molecule has 1 aliphatic rings. The monoisotopic (exact) mass is 612 g/mol. The Morgan fingerprint density at radius 2 is 1.73 bits per heavy atom. The summed E-state index contributed by atoms with van der Waals surface area (Å²) in [5.74, 6) is -1.02. The lowest BCUT2D eigenvalue weighted by molar-refractivity contribution is -0.151. The van der Waals surface area contributed by atoms with Gasteiger partial charge in [0.15, 0.2) is 5.76 Å². The number of benzene rings is 3. The third-order valence-electron chi connectivity index (χ3n) is 7.41. The first-order valence-electron chi connectivity index (χ1n) is 14.7. The van der Waals surface area contributed by atoms with Crippen molar-refractivity contribution in [3.8, 4) is 0 Å². The highest BCUT2D eigenvalue weighted by molar-refractivity contribution is 6.05. The maximum atomic E-state index is 13.3. The zero-order valence-electron chi connectivity index (χ0n) is 24.9. The van der Waals surface area contributed by atoms with Crippen molar-refractivity contribution in [2.45, 2.75) is 32.1 Å². The minimum absolute atomic E-state index is 0.0893. The molecule has 0 fully saturated rings. The number of aliphatic hydroxyl groups is 1. The molecule has 1 aromatic heterocycles.